The van der Waals surface area contributed by atoms with Gasteiger partial charge in [0.15, 0.2) is 11.5 Å². The van der Waals surface area contributed by atoms with Crippen molar-refractivity contribution >= 4 is 33.5 Å². The third kappa shape index (κ3) is 8.93. The SMILES string of the molecule is CCOC(OC)(OC(OC)(OCC)c1c(-c2ccccc2)cc(C(=O)c2cc3ccccc3o2)cc1-c1ccccc1)c1c(-c2ccccc2)cc(C(=O)c2cc3ccccc3o2)cc1-c1ccccc1. The van der Waals surface area contributed by atoms with E-state index in [2.05, 4.69) is 0 Å². The van der Waals surface area contributed by atoms with E-state index in [1.807, 2.05) is 208 Å². The molecule has 0 aliphatic heterocycles. The molecule has 8 aromatic carbocycles. The van der Waals surface area contributed by atoms with Gasteiger partial charge in [0.05, 0.1) is 11.1 Å². The molecular formula is C62H50O9. The van der Waals surface area contributed by atoms with Gasteiger partial charge < -0.3 is 27.8 Å². The van der Waals surface area contributed by atoms with Crippen LogP contribution in [0.3, 0.4) is 0 Å². The molecule has 0 N–H and O–H groups in total. The molecule has 2 unspecified atom stereocenters. The zero-order chi connectivity index (χ0) is 49.0. The molecule has 0 aliphatic carbocycles. The zero-order valence-electron chi connectivity index (χ0n) is 39.7. The average Bonchev–Trinajstić information content (AvgIpc) is 4.08. The lowest BCUT2D eigenvalue weighted by Gasteiger charge is -2.43. The van der Waals surface area contributed by atoms with Gasteiger partial charge in [-0.1, -0.05) is 158 Å². The highest BCUT2D eigenvalue weighted by Crippen LogP contribution is 2.51. The minimum atomic E-state index is -2.15. The lowest BCUT2D eigenvalue weighted by Crippen LogP contribution is -2.48. The Kier molecular flexibility index (Phi) is 13.2. The Hall–Kier alpha value is -8.02. The smallest absolute Gasteiger partial charge is 0.317 e. The standard InChI is InChI=1S/C62H50O9/c1-5-67-61(65-3,57-49(41-23-11-7-12-24-41)35-47(36-50(57)42-25-13-8-14-26-42)59(63)55-39-45-31-19-21-33-53(45)69-55)71-62(66-4,68-6-2)58-51(43-27-15-9-16-28-43)37-48(38-52(58)44-29-17-10-18-30-44)60(64)56-40-46-32-20-22-34-54(46)70-56/h7-40H,5-6H2,1-4H3. The molecule has 0 radical (unpaired) electrons. The fraction of sp³-hybridized carbons (Fsp3) is 0.129. The van der Waals surface area contributed by atoms with Crippen LogP contribution in [0.2, 0.25) is 0 Å². The summed E-state index contributed by atoms with van der Waals surface area (Å²) < 4.78 is 47.1. The number of rotatable bonds is 18. The van der Waals surface area contributed by atoms with E-state index < -0.39 is 11.9 Å². The molecule has 71 heavy (non-hydrogen) atoms. The number of hydrogen-bond acceptors (Lipinski definition) is 9. The Balaban J connectivity index is 1.25. The van der Waals surface area contributed by atoms with Crippen LogP contribution in [0.1, 0.15) is 57.2 Å². The average molecular weight is 939 g/mol. The van der Waals surface area contributed by atoms with Crippen LogP contribution in [-0.2, 0) is 35.6 Å². The van der Waals surface area contributed by atoms with Crippen LogP contribution in [0.4, 0.5) is 0 Å². The molecule has 2 heterocycles. The van der Waals surface area contributed by atoms with Crippen molar-refractivity contribution in [3.8, 4) is 44.5 Å². The van der Waals surface area contributed by atoms with Gasteiger partial charge >= 0.3 is 11.9 Å². The summed E-state index contributed by atoms with van der Waals surface area (Å²) in [6.45, 7) is 3.87. The molecule has 9 heteroatoms. The van der Waals surface area contributed by atoms with Crippen molar-refractivity contribution in [3.05, 3.63) is 240 Å². The summed E-state index contributed by atoms with van der Waals surface area (Å²) >= 11 is 0. The van der Waals surface area contributed by atoms with Gasteiger partial charge in [-0.3, -0.25) is 14.3 Å². The van der Waals surface area contributed by atoms with E-state index in [4.69, 9.17) is 32.5 Å². The number of fused-ring (bicyclic) bond motifs is 2. The molecule has 352 valence electrons. The summed E-state index contributed by atoms with van der Waals surface area (Å²) in [5.74, 6) is -4.56. The van der Waals surface area contributed by atoms with Gasteiger partial charge in [0.2, 0.25) is 11.6 Å². The maximum Gasteiger partial charge on any atom is 0.317 e. The second kappa shape index (κ2) is 20.1. The maximum atomic E-state index is 14.8. The number of ether oxygens (including phenoxy) is 5. The molecule has 2 aromatic heterocycles. The highest BCUT2D eigenvalue weighted by atomic mass is 17.0. The lowest BCUT2D eigenvalue weighted by atomic mass is 9.86. The van der Waals surface area contributed by atoms with E-state index in [-0.39, 0.29) is 36.3 Å². The number of carbonyl (C=O) groups is 2. The molecule has 2 atom stereocenters. The van der Waals surface area contributed by atoms with Crippen molar-refractivity contribution in [3.63, 3.8) is 0 Å². The molecule has 0 fully saturated rings. The van der Waals surface area contributed by atoms with Crippen LogP contribution < -0.4 is 0 Å². The fourth-order valence-corrected chi connectivity index (χ4v) is 9.33. The first-order valence-electron chi connectivity index (χ1n) is 23.5. The van der Waals surface area contributed by atoms with Gasteiger partial charge in [-0.2, -0.15) is 0 Å². The number of carbonyl (C=O) groups excluding carboxylic acids is 2. The fourth-order valence-electron chi connectivity index (χ4n) is 9.33. The summed E-state index contributed by atoms with van der Waals surface area (Å²) in [6, 6.07) is 64.7. The van der Waals surface area contributed by atoms with Crippen molar-refractivity contribution in [2.24, 2.45) is 0 Å². The molecule has 0 saturated carbocycles. The molecule has 0 amide bonds. The minimum absolute atomic E-state index is 0.0872. The van der Waals surface area contributed by atoms with Crippen molar-refractivity contribution in [2.45, 2.75) is 25.8 Å². The van der Waals surface area contributed by atoms with Gasteiger partial charge in [0, 0.05) is 49.3 Å². The first-order valence-corrected chi connectivity index (χ1v) is 23.5. The predicted octanol–water partition coefficient (Wildman–Crippen LogP) is 14.6. The molecule has 0 aliphatic rings. The molecule has 0 saturated heterocycles. The van der Waals surface area contributed by atoms with Gasteiger partial charge in [0.1, 0.15) is 11.2 Å². The maximum absolute atomic E-state index is 14.8. The summed E-state index contributed by atoms with van der Waals surface area (Å²) in [6.07, 6.45) is 0. The minimum Gasteiger partial charge on any atom is -0.453 e. The normalized spacial score (nSPS) is 13.2. The molecule has 0 spiro atoms. The topological polar surface area (TPSA) is 107 Å². The summed E-state index contributed by atoms with van der Waals surface area (Å²) in [5.41, 5.74) is 8.04. The highest BCUT2D eigenvalue weighted by molar-refractivity contribution is 6.11. The van der Waals surface area contributed by atoms with Gasteiger partial charge in [0.25, 0.3) is 0 Å². The van der Waals surface area contributed by atoms with Crippen LogP contribution >= 0.6 is 0 Å². The van der Waals surface area contributed by atoms with E-state index in [0.717, 1.165) is 33.0 Å². The zero-order valence-corrected chi connectivity index (χ0v) is 39.7. The number of furan rings is 2. The summed E-state index contributed by atoms with van der Waals surface area (Å²) in [5, 5.41) is 1.62. The van der Waals surface area contributed by atoms with Gasteiger partial charge in [-0.25, -0.2) is 0 Å². The quantitative estimate of drug-likeness (QED) is 0.0614. The van der Waals surface area contributed by atoms with Gasteiger partial charge in [-0.15, -0.1) is 0 Å². The van der Waals surface area contributed by atoms with Crippen molar-refractivity contribution in [1.29, 1.82) is 0 Å². The highest BCUT2D eigenvalue weighted by Gasteiger charge is 2.52. The van der Waals surface area contributed by atoms with E-state index in [1.165, 1.54) is 14.2 Å². The first kappa shape index (κ1) is 46.7. The van der Waals surface area contributed by atoms with Crippen LogP contribution in [-0.4, -0.2) is 39.0 Å². The Morgan fingerprint density at radius 3 is 0.986 bits per heavy atom. The van der Waals surface area contributed by atoms with E-state index in [9.17, 15) is 9.59 Å². The third-order valence-corrected chi connectivity index (χ3v) is 12.5. The van der Waals surface area contributed by atoms with E-state index in [1.54, 1.807) is 12.1 Å². The Morgan fingerprint density at radius 2 is 0.704 bits per heavy atom. The summed E-state index contributed by atoms with van der Waals surface area (Å²) in [4.78, 5) is 29.6. The monoisotopic (exact) mass is 938 g/mol. The Morgan fingerprint density at radius 1 is 0.408 bits per heavy atom. The second-order valence-electron chi connectivity index (χ2n) is 16.8. The Bertz CT molecular complexity index is 3070. The second-order valence-corrected chi connectivity index (χ2v) is 16.8. The molecular weight excluding hydrogens is 889 g/mol. The summed E-state index contributed by atoms with van der Waals surface area (Å²) in [7, 11) is 3.01. The molecule has 10 aromatic rings. The van der Waals surface area contributed by atoms with Crippen LogP contribution in [0, 0.1) is 0 Å². The first-order chi connectivity index (χ1) is 34.8. The lowest BCUT2D eigenvalue weighted by molar-refractivity contribution is -0.512. The number of hydrogen-bond donors (Lipinski definition) is 0. The third-order valence-electron chi connectivity index (χ3n) is 12.5. The van der Waals surface area contributed by atoms with Gasteiger partial charge in [-0.05, 0) is 107 Å². The van der Waals surface area contributed by atoms with Crippen molar-refractivity contribution in [2.75, 3.05) is 27.4 Å². The largest absolute Gasteiger partial charge is 0.453 e. The van der Waals surface area contributed by atoms with Crippen molar-refractivity contribution in [1.82, 2.24) is 0 Å². The number of methoxy groups -OCH3 is 2. The number of ketones is 2. The van der Waals surface area contributed by atoms with Crippen molar-refractivity contribution < 1.29 is 42.1 Å². The van der Waals surface area contributed by atoms with E-state index in [0.29, 0.717) is 55.7 Å². The number of benzene rings is 8. The van der Waals surface area contributed by atoms with Crippen LogP contribution in [0.15, 0.2) is 215 Å². The molecule has 10 rings (SSSR count). The van der Waals surface area contributed by atoms with Crippen LogP contribution in [0.25, 0.3) is 66.4 Å². The number of para-hydroxylation sites is 2. The molecule has 9 nitrogen and oxygen atoms in total. The van der Waals surface area contributed by atoms with E-state index >= 15 is 0 Å². The Labute approximate surface area is 411 Å². The predicted molar refractivity (Wildman–Crippen MR) is 276 cm³/mol. The van der Waals surface area contributed by atoms with Crippen LogP contribution in [0.5, 0.6) is 0 Å². The molecule has 0 bridgehead atoms.